The molecular formula is C24H48O4. The SMILES string of the molecule is CC(C)OC(=O)C(C)O.CCCCCCCC/C=C\CCCCCCCCO. The molecule has 0 aliphatic heterocycles. The van der Waals surface area contributed by atoms with E-state index in [1.807, 2.05) is 0 Å². The average Bonchev–Trinajstić information content (AvgIpc) is 2.65. The lowest BCUT2D eigenvalue weighted by atomic mass is 10.1. The van der Waals surface area contributed by atoms with E-state index in [1.54, 1.807) is 13.8 Å². The summed E-state index contributed by atoms with van der Waals surface area (Å²) in [5.74, 6) is -0.565. The lowest BCUT2D eigenvalue weighted by molar-refractivity contribution is -0.156. The van der Waals surface area contributed by atoms with Crippen molar-refractivity contribution in [3.63, 3.8) is 0 Å². The van der Waals surface area contributed by atoms with Crippen molar-refractivity contribution in [3.05, 3.63) is 12.2 Å². The molecule has 0 bridgehead atoms. The maximum absolute atomic E-state index is 10.5. The molecule has 0 saturated heterocycles. The standard InChI is InChI=1S/C18H36O.C6H12O3/c1-2-3-4-5-6-7-8-9-10-11-12-13-14-15-16-17-18-19;1-4(2)9-6(8)5(3)7/h9-10,19H,2-8,11-18H2,1H3;4-5,7H,1-3H3/b10-9-;. The van der Waals surface area contributed by atoms with Gasteiger partial charge in [0.25, 0.3) is 0 Å². The number of esters is 1. The largest absolute Gasteiger partial charge is 0.461 e. The van der Waals surface area contributed by atoms with Gasteiger partial charge in [-0.1, -0.05) is 76.9 Å². The van der Waals surface area contributed by atoms with Crippen molar-refractivity contribution in [3.8, 4) is 0 Å². The van der Waals surface area contributed by atoms with Gasteiger partial charge in [-0.15, -0.1) is 0 Å². The molecule has 0 spiro atoms. The Labute approximate surface area is 174 Å². The van der Waals surface area contributed by atoms with Gasteiger partial charge in [0.2, 0.25) is 0 Å². The van der Waals surface area contributed by atoms with Crippen LogP contribution in [-0.2, 0) is 9.53 Å². The van der Waals surface area contributed by atoms with Crippen molar-refractivity contribution >= 4 is 5.97 Å². The van der Waals surface area contributed by atoms with Crippen LogP contribution in [0.15, 0.2) is 12.2 Å². The maximum atomic E-state index is 10.5. The van der Waals surface area contributed by atoms with E-state index in [4.69, 9.17) is 10.2 Å². The molecule has 0 aliphatic rings. The molecule has 2 N–H and O–H groups in total. The van der Waals surface area contributed by atoms with Crippen molar-refractivity contribution in [2.24, 2.45) is 0 Å². The third-order valence-corrected chi connectivity index (χ3v) is 4.36. The molecule has 1 unspecified atom stereocenters. The zero-order valence-corrected chi connectivity index (χ0v) is 19.1. The minimum absolute atomic E-state index is 0.146. The molecule has 0 radical (unpaired) electrons. The summed E-state index contributed by atoms with van der Waals surface area (Å²) in [4.78, 5) is 10.5. The van der Waals surface area contributed by atoms with Crippen molar-refractivity contribution in [1.29, 1.82) is 0 Å². The van der Waals surface area contributed by atoms with Crippen molar-refractivity contribution in [2.75, 3.05) is 6.61 Å². The van der Waals surface area contributed by atoms with Crippen LogP contribution in [0.25, 0.3) is 0 Å². The van der Waals surface area contributed by atoms with Crippen LogP contribution < -0.4 is 0 Å². The summed E-state index contributed by atoms with van der Waals surface area (Å²) in [6, 6.07) is 0. The van der Waals surface area contributed by atoms with Gasteiger partial charge in [0.15, 0.2) is 0 Å². The number of hydrogen-bond donors (Lipinski definition) is 2. The normalized spacial score (nSPS) is 12.1. The van der Waals surface area contributed by atoms with Crippen molar-refractivity contribution < 1.29 is 19.7 Å². The second-order valence-electron chi connectivity index (χ2n) is 7.82. The second kappa shape index (κ2) is 24.2. The highest BCUT2D eigenvalue weighted by Gasteiger charge is 2.10. The molecule has 0 rings (SSSR count). The number of aliphatic hydroxyl groups is 2. The number of rotatable bonds is 17. The second-order valence-corrected chi connectivity index (χ2v) is 7.82. The molecule has 4 nitrogen and oxygen atoms in total. The van der Waals surface area contributed by atoms with Gasteiger partial charge in [-0.05, 0) is 52.9 Å². The monoisotopic (exact) mass is 400 g/mol. The molecular weight excluding hydrogens is 352 g/mol. The molecule has 168 valence electrons. The van der Waals surface area contributed by atoms with E-state index in [0.29, 0.717) is 6.61 Å². The van der Waals surface area contributed by atoms with Gasteiger partial charge in [0, 0.05) is 6.61 Å². The number of carbonyl (C=O) groups is 1. The summed E-state index contributed by atoms with van der Waals surface area (Å²) in [5, 5.41) is 17.3. The summed E-state index contributed by atoms with van der Waals surface area (Å²) in [6.45, 7) is 7.49. The van der Waals surface area contributed by atoms with E-state index in [9.17, 15) is 4.79 Å². The first-order valence-electron chi connectivity index (χ1n) is 11.6. The molecule has 1 atom stereocenters. The summed E-state index contributed by atoms with van der Waals surface area (Å²) in [7, 11) is 0. The highest BCUT2D eigenvalue weighted by atomic mass is 16.6. The summed E-state index contributed by atoms with van der Waals surface area (Å²) < 4.78 is 4.62. The fraction of sp³-hybridized carbons (Fsp3) is 0.875. The Morgan fingerprint density at radius 3 is 1.57 bits per heavy atom. The topological polar surface area (TPSA) is 66.8 Å². The average molecular weight is 401 g/mol. The molecule has 0 heterocycles. The molecule has 0 saturated carbocycles. The van der Waals surface area contributed by atoms with Gasteiger partial charge in [0.05, 0.1) is 6.10 Å². The van der Waals surface area contributed by atoms with E-state index in [2.05, 4.69) is 23.8 Å². The van der Waals surface area contributed by atoms with Gasteiger partial charge in [-0.2, -0.15) is 0 Å². The first-order valence-corrected chi connectivity index (χ1v) is 11.6. The molecule has 0 amide bonds. The molecule has 0 aromatic rings. The number of hydrogen-bond acceptors (Lipinski definition) is 4. The summed E-state index contributed by atoms with van der Waals surface area (Å²) >= 11 is 0. The van der Waals surface area contributed by atoms with E-state index in [0.717, 1.165) is 6.42 Å². The van der Waals surface area contributed by atoms with E-state index in [-0.39, 0.29) is 6.10 Å². The highest BCUT2D eigenvalue weighted by molar-refractivity contribution is 5.73. The molecule has 4 heteroatoms. The molecule has 0 aromatic heterocycles. The van der Waals surface area contributed by atoms with Crippen molar-refractivity contribution in [1.82, 2.24) is 0 Å². The van der Waals surface area contributed by atoms with Crippen LogP contribution in [0.1, 0.15) is 118 Å². The van der Waals surface area contributed by atoms with Crippen LogP contribution in [-0.4, -0.2) is 35.0 Å². The zero-order valence-electron chi connectivity index (χ0n) is 19.1. The fourth-order valence-corrected chi connectivity index (χ4v) is 2.69. The Morgan fingerprint density at radius 2 is 1.21 bits per heavy atom. The minimum atomic E-state index is -1.01. The highest BCUT2D eigenvalue weighted by Crippen LogP contribution is 2.09. The van der Waals surface area contributed by atoms with Crippen LogP contribution >= 0.6 is 0 Å². The lowest BCUT2D eigenvalue weighted by Gasteiger charge is -2.08. The Bertz CT molecular complexity index is 337. The minimum Gasteiger partial charge on any atom is -0.461 e. The van der Waals surface area contributed by atoms with Crippen LogP contribution in [0.5, 0.6) is 0 Å². The zero-order chi connectivity index (χ0) is 21.5. The van der Waals surface area contributed by atoms with Crippen LogP contribution in [0.4, 0.5) is 0 Å². The maximum Gasteiger partial charge on any atom is 0.334 e. The van der Waals surface area contributed by atoms with Crippen molar-refractivity contribution in [2.45, 2.75) is 130 Å². The number of carbonyl (C=O) groups excluding carboxylic acids is 1. The third-order valence-electron chi connectivity index (χ3n) is 4.36. The van der Waals surface area contributed by atoms with E-state index >= 15 is 0 Å². The molecule has 0 aliphatic carbocycles. The van der Waals surface area contributed by atoms with Crippen LogP contribution in [0.2, 0.25) is 0 Å². The lowest BCUT2D eigenvalue weighted by Crippen LogP contribution is -2.22. The Morgan fingerprint density at radius 1 is 0.786 bits per heavy atom. The smallest absolute Gasteiger partial charge is 0.334 e. The van der Waals surface area contributed by atoms with E-state index in [1.165, 1.54) is 90.4 Å². The van der Waals surface area contributed by atoms with Gasteiger partial charge in [-0.3, -0.25) is 0 Å². The first-order chi connectivity index (χ1) is 13.5. The van der Waals surface area contributed by atoms with Gasteiger partial charge >= 0.3 is 5.97 Å². The Hall–Kier alpha value is -0.870. The number of allylic oxidation sites excluding steroid dienone is 2. The number of unbranched alkanes of at least 4 members (excludes halogenated alkanes) is 12. The molecule has 0 fully saturated rings. The number of aliphatic hydroxyl groups excluding tert-OH is 2. The fourth-order valence-electron chi connectivity index (χ4n) is 2.69. The predicted molar refractivity (Wildman–Crippen MR) is 119 cm³/mol. The quantitative estimate of drug-likeness (QED) is 0.170. The van der Waals surface area contributed by atoms with Crippen LogP contribution in [0.3, 0.4) is 0 Å². The summed E-state index contributed by atoms with van der Waals surface area (Å²) in [6.07, 6.45) is 22.1. The van der Waals surface area contributed by atoms with Gasteiger partial charge < -0.3 is 14.9 Å². The molecule has 0 aromatic carbocycles. The van der Waals surface area contributed by atoms with Crippen LogP contribution in [0, 0.1) is 0 Å². The predicted octanol–water partition coefficient (Wildman–Crippen LogP) is 6.34. The molecule has 28 heavy (non-hydrogen) atoms. The van der Waals surface area contributed by atoms with Gasteiger partial charge in [0.1, 0.15) is 6.10 Å². The van der Waals surface area contributed by atoms with E-state index < -0.39 is 12.1 Å². The Balaban J connectivity index is 0. The van der Waals surface area contributed by atoms with Gasteiger partial charge in [-0.25, -0.2) is 4.79 Å². The third kappa shape index (κ3) is 27.3. The summed E-state index contributed by atoms with van der Waals surface area (Å²) in [5.41, 5.74) is 0. The number of ether oxygens (including phenoxy) is 1. The Kier molecular flexibility index (Phi) is 25.3. The first kappa shape index (κ1) is 29.3.